The lowest BCUT2D eigenvalue weighted by atomic mass is 10.1. The summed E-state index contributed by atoms with van der Waals surface area (Å²) in [5.74, 6) is 0.388. The van der Waals surface area contributed by atoms with Crippen LogP contribution in [0, 0.1) is 0 Å². The molecule has 1 aliphatic rings. The van der Waals surface area contributed by atoms with Crippen LogP contribution >= 0.6 is 11.8 Å². The molecule has 1 atom stereocenters. The van der Waals surface area contributed by atoms with Crippen molar-refractivity contribution in [1.82, 2.24) is 20.1 Å². The van der Waals surface area contributed by atoms with E-state index in [4.69, 9.17) is 5.73 Å². The Hall–Kier alpha value is -2.02. The number of aromatic amines is 1. The zero-order valence-electron chi connectivity index (χ0n) is 12.2. The van der Waals surface area contributed by atoms with E-state index in [0.29, 0.717) is 5.16 Å². The Morgan fingerprint density at radius 3 is 2.59 bits per heavy atom. The highest BCUT2D eigenvalue weighted by molar-refractivity contribution is 8.00. The molecule has 1 amide bonds. The van der Waals surface area contributed by atoms with Crippen LogP contribution in [0.25, 0.3) is 0 Å². The lowest BCUT2D eigenvalue weighted by Crippen LogP contribution is -2.38. The van der Waals surface area contributed by atoms with Gasteiger partial charge in [0.05, 0.1) is 0 Å². The van der Waals surface area contributed by atoms with Gasteiger partial charge in [0.15, 0.2) is 0 Å². The molecule has 2 heterocycles. The molecule has 1 aliphatic heterocycles. The number of thioether (sulfide) groups is 1. The summed E-state index contributed by atoms with van der Waals surface area (Å²) in [6, 6.07) is 9.77. The molecule has 0 radical (unpaired) electrons. The number of hydrogen-bond acceptors (Lipinski definition) is 5. The molecule has 2 aromatic rings. The van der Waals surface area contributed by atoms with Crippen molar-refractivity contribution in [2.24, 2.45) is 0 Å². The van der Waals surface area contributed by atoms with Gasteiger partial charge in [0.2, 0.25) is 17.0 Å². The molecule has 1 unspecified atom stereocenters. The monoisotopic (exact) mass is 317 g/mol. The topological polar surface area (TPSA) is 87.9 Å². The Balaban J connectivity index is 1.83. The van der Waals surface area contributed by atoms with E-state index in [-0.39, 0.29) is 17.1 Å². The first-order valence-corrected chi connectivity index (χ1v) is 8.30. The quantitative estimate of drug-likeness (QED) is 0.844. The predicted molar refractivity (Wildman–Crippen MR) is 86.3 cm³/mol. The summed E-state index contributed by atoms with van der Waals surface area (Å²) in [7, 11) is 0. The normalized spacial score (nSPS) is 16.5. The highest BCUT2D eigenvalue weighted by Crippen LogP contribution is 2.35. The van der Waals surface area contributed by atoms with Crippen LogP contribution in [0.5, 0.6) is 0 Å². The van der Waals surface area contributed by atoms with E-state index >= 15 is 0 Å². The Bertz CT molecular complexity index is 624. The number of anilines is 1. The lowest BCUT2D eigenvalue weighted by Gasteiger charge is -2.30. The fraction of sp³-hybridized carbons (Fsp3) is 0.400. The van der Waals surface area contributed by atoms with Crippen molar-refractivity contribution < 1.29 is 4.79 Å². The molecule has 0 bridgehead atoms. The van der Waals surface area contributed by atoms with E-state index in [1.54, 1.807) is 0 Å². The molecule has 1 aromatic heterocycles. The molecule has 1 fully saturated rings. The molecule has 1 aromatic carbocycles. The van der Waals surface area contributed by atoms with E-state index < -0.39 is 0 Å². The second kappa shape index (κ2) is 6.83. The van der Waals surface area contributed by atoms with E-state index in [9.17, 15) is 4.79 Å². The third kappa shape index (κ3) is 3.41. The molecule has 3 rings (SSSR count). The van der Waals surface area contributed by atoms with Gasteiger partial charge in [-0.3, -0.25) is 4.79 Å². The van der Waals surface area contributed by atoms with Gasteiger partial charge in [0.25, 0.3) is 0 Å². The molecule has 6 nitrogen and oxygen atoms in total. The summed E-state index contributed by atoms with van der Waals surface area (Å²) in [5, 5.41) is 6.81. The van der Waals surface area contributed by atoms with Crippen LogP contribution in [-0.4, -0.2) is 39.1 Å². The smallest absolute Gasteiger partial charge is 0.240 e. The maximum absolute atomic E-state index is 12.9. The average molecular weight is 317 g/mol. The maximum Gasteiger partial charge on any atom is 0.240 e. The van der Waals surface area contributed by atoms with Crippen LogP contribution in [0.3, 0.4) is 0 Å². The van der Waals surface area contributed by atoms with Crippen LogP contribution < -0.4 is 5.73 Å². The molecule has 0 spiro atoms. The third-order valence-electron chi connectivity index (χ3n) is 3.70. The molecule has 3 N–H and O–H groups in total. The van der Waals surface area contributed by atoms with Crippen molar-refractivity contribution >= 4 is 23.6 Å². The van der Waals surface area contributed by atoms with E-state index in [1.807, 2.05) is 35.2 Å². The summed E-state index contributed by atoms with van der Waals surface area (Å²) >= 11 is 1.34. The fourth-order valence-corrected chi connectivity index (χ4v) is 3.59. The Kier molecular flexibility index (Phi) is 4.62. The number of aromatic nitrogens is 3. The number of piperidine rings is 1. The number of benzene rings is 1. The van der Waals surface area contributed by atoms with Crippen molar-refractivity contribution in [3.8, 4) is 0 Å². The molecule has 22 heavy (non-hydrogen) atoms. The molecular formula is C15H19N5OS. The van der Waals surface area contributed by atoms with Gasteiger partial charge in [-0.1, -0.05) is 42.1 Å². The van der Waals surface area contributed by atoms with Crippen molar-refractivity contribution in [2.75, 3.05) is 18.8 Å². The van der Waals surface area contributed by atoms with Crippen LogP contribution in [0.2, 0.25) is 0 Å². The lowest BCUT2D eigenvalue weighted by molar-refractivity contribution is -0.131. The van der Waals surface area contributed by atoms with Crippen molar-refractivity contribution in [3.63, 3.8) is 0 Å². The number of carbonyl (C=O) groups is 1. The number of hydrogen-bond donors (Lipinski definition) is 2. The SMILES string of the molecule is Nc1nc(SC(C(=O)N2CCCCC2)c2ccccc2)n[nH]1. The second-order valence-electron chi connectivity index (χ2n) is 5.30. The number of carbonyl (C=O) groups excluding carboxylic acids is 1. The summed E-state index contributed by atoms with van der Waals surface area (Å²) in [4.78, 5) is 19.0. The minimum atomic E-state index is -0.338. The minimum Gasteiger partial charge on any atom is -0.368 e. The minimum absolute atomic E-state index is 0.124. The van der Waals surface area contributed by atoms with Crippen LogP contribution in [-0.2, 0) is 4.79 Å². The van der Waals surface area contributed by atoms with Crippen LogP contribution in [0.4, 0.5) is 5.95 Å². The Labute approximate surface area is 133 Å². The summed E-state index contributed by atoms with van der Waals surface area (Å²) in [6.45, 7) is 1.66. The first-order valence-electron chi connectivity index (χ1n) is 7.42. The number of amides is 1. The van der Waals surface area contributed by atoms with Gasteiger partial charge in [-0.2, -0.15) is 4.98 Å². The molecule has 0 aliphatic carbocycles. The fourth-order valence-electron chi connectivity index (χ4n) is 2.59. The average Bonchev–Trinajstić information content (AvgIpc) is 2.99. The highest BCUT2D eigenvalue weighted by atomic mass is 32.2. The number of nitrogen functional groups attached to an aromatic ring is 1. The van der Waals surface area contributed by atoms with Gasteiger partial charge in [0.1, 0.15) is 5.25 Å². The van der Waals surface area contributed by atoms with Gasteiger partial charge >= 0.3 is 0 Å². The molecule has 1 saturated heterocycles. The molecule has 116 valence electrons. The van der Waals surface area contributed by atoms with Gasteiger partial charge in [-0.05, 0) is 24.8 Å². The summed E-state index contributed by atoms with van der Waals surface area (Å²) < 4.78 is 0. The van der Waals surface area contributed by atoms with Crippen LogP contribution in [0.1, 0.15) is 30.1 Å². The first-order chi connectivity index (χ1) is 10.7. The van der Waals surface area contributed by atoms with Crippen molar-refractivity contribution in [2.45, 2.75) is 29.7 Å². The standard InChI is InChI=1S/C15H19N5OS/c16-14-17-15(19-18-14)22-12(11-7-3-1-4-8-11)13(21)20-9-5-2-6-10-20/h1,3-4,7-8,12H,2,5-6,9-10H2,(H3,16,17,18,19). The highest BCUT2D eigenvalue weighted by Gasteiger charge is 2.29. The number of rotatable bonds is 4. The maximum atomic E-state index is 12.9. The number of likely N-dealkylation sites (tertiary alicyclic amines) is 1. The van der Waals surface area contributed by atoms with Gasteiger partial charge < -0.3 is 10.6 Å². The zero-order chi connectivity index (χ0) is 15.4. The summed E-state index contributed by atoms with van der Waals surface area (Å²) in [5.41, 5.74) is 6.54. The number of nitrogens with one attached hydrogen (secondary N) is 1. The largest absolute Gasteiger partial charge is 0.368 e. The number of nitrogens with two attached hydrogens (primary N) is 1. The first kappa shape index (κ1) is 14.9. The van der Waals surface area contributed by atoms with Crippen molar-refractivity contribution in [3.05, 3.63) is 35.9 Å². The van der Waals surface area contributed by atoms with Gasteiger partial charge in [0, 0.05) is 13.1 Å². The Morgan fingerprint density at radius 1 is 1.23 bits per heavy atom. The third-order valence-corrected chi connectivity index (χ3v) is 4.80. The Morgan fingerprint density at radius 2 is 1.95 bits per heavy atom. The van der Waals surface area contributed by atoms with Crippen LogP contribution in [0.15, 0.2) is 35.5 Å². The number of H-pyrrole nitrogens is 1. The second-order valence-corrected chi connectivity index (χ2v) is 6.37. The zero-order valence-corrected chi connectivity index (χ0v) is 13.1. The van der Waals surface area contributed by atoms with Gasteiger partial charge in [-0.25, -0.2) is 5.10 Å². The van der Waals surface area contributed by atoms with E-state index in [2.05, 4.69) is 15.2 Å². The predicted octanol–water partition coefficient (Wildman–Crippen LogP) is 2.23. The van der Waals surface area contributed by atoms with Gasteiger partial charge in [-0.15, -0.1) is 5.10 Å². The summed E-state index contributed by atoms with van der Waals surface area (Å²) in [6.07, 6.45) is 3.35. The van der Waals surface area contributed by atoms with E-state index in [0.717, 1.165) is 31.5 Å². The molecule has 0 saturated carbocycles. The molecular weight excluding hydrogens is 298 g/mol. The van der Waals surface area contributed by atoms with E-state index in [1.165, 1.54) is 18.2 Å². The number of nitrogens with zero attached hydrogens (tertiary/aromatic N) is 3. The molecule has 7 heteroatoms. The van der Waals surface area contributed by atoms with Crippen molar-refractivity contribution in [1.29, 1.82) is 0 Å².